The van der Waals surface area contributed by atoms with Crippen molar-refractivity contribution in [2.45, 2.75) is 6.10 Å². The summed E-state index contributed by atoms with van der Waals surface area (Å²) >= 11 is 3.40. The van der Waals surface area contributed by atoms with E-state index in [9.17, 15) is 5.11 Å². The lowest BCUT2D eigenvalue weighted by Crippen LogP contribution is -2.07. The molecule has 0 saturated heterocycles. The summed E-state index contributed by atoms with van der Waals surface area (Å²) in [6.07, 6.45) is 0.609. The molecule has 7 heteroatoms. The van der Waals surface area contributed by atoms with Gasteiger partial charge in [0.05, 0.1) is 20.4 Å². The summed E-state index contributed by atoms with van der Waals surface area (Å²) in [5.74, 6) is 1.53. The molecule has 0 amide bonds. The smallest absolute Gasteiger partial charge is 0.142 e. The van der Waals surface area contributed by atoms with E-state index in [4.69, 9.17) is 15.2 Å². The molecule has 0 aliphatic rings. The number of aromatic nitrogens is 2. The second kappa shape index (κ2) is 5.72. The van der Waals surface area contributed by atoms with Crippen LogP contribution in [0, 0.1) is 0 Å². The maximum atomic E-state index is 10.5. The van der Waals surface area contributed by atoms with Crippen LogP contribution in [0.5, 0.6) is 11.5 Å². The molecule has 0 radical (unpaired) electrons. The Hall–Kier alpha value is -1.73. The number of halogens is 1. The van der Waals surface area contributed by atoms with Crippen LogP contribution in [0.2, 0.25) is 0 Å². The van der Waals surface area contributed by atoms with Gasteiger partial charge in [-0.25, -0.2) is 0 Å². The number of nitrogen functional groups attached to an aromatic ring is 1. The number of hydrogen-bond acceptors (Lipinski definition) is 5. The molecule has 0 fully saturated rings. The molecule has 0 saturated carbocycles. The zero-order valence-electron chi connectivity index (χ0n) is 11.4. The van der Waals surface area contributed by atoms with Crippen LogP contribution in [-0.4, -0.2) is 29.1 Å². The van der Waals surface area contributed by atoms with Crippen molar-refractivity contribution in [3.05, 3.63) is 33.9 Å². The first-order valence-corrected chi connectivity index (χ1v) is 6.66. The summed E-state index contributed by atoms with van der Waals surface area (Å²) in [5, 5.41) is 14.5. The van der Waals surface area contributed by atoms with E-state index in [1.54, 1.807) is 26.3 Å². The average molecular weight is 342 g/mol. The molecule has 108 valence electrons. The van der Waals surface area contributed by atoms with Gasteiger partial charge in [0.15, 0.2) is 0 Å². The van der Waals surface area contributed by atoms with Gasteiger partial charge in [0, 0.05) is 18.2 Å². The minimum absolute atomic E-state index is 0.409. The normalized spacial score (nSPS) is 12.2. The lowest BCUT2D eigenvalue weighted by atomic mass is 10.0. The van der Waals surface area contributed by atoms with E-state index in [0.717, 1.165) is 0 Å². The Morgan fingerprint density at radius 3 is 2.50 bits per heavy atom. The third-order valence-corrected chi connectivity index (χ3v) is 3.87. The number of aliphatic hydroxyl groups is 1. The van der Waals surface area contributed by atoms with Gasteiger partial charge in [-0.2, -0.15) is 5.10 Å². The van der Waals surface area contributed by atoms with Crippen molar-refractivity contribution in [3.63, 3.8) is 0 Å². The molecule has 1 aromatic heterocycles. The molecule has 20 heavy (non-hydrogen) atoms. The van der Waals surface area contributed by atoms with Crippen molar-refractivity contribution in [1.29, 1.82) is 0 Å². The molecule has 0 bridgehead atoms. The molecule has 1 heterocycles. The molecule has 0 spiro atoms. The van der Waals surface area contributed by atoms with E-state index in [1.165, 1.54) is 18.0 Å². The lowest BCUT2D eigenvalue weighted by molar-refractivity contribution is 0.215. The number of aryl methyl sites for hydroxylation is 1. The highest BCUT2D eigenvalue weighted by Crippen LogP contribution is 2.41. The fraction of sp³-hybridized carbons (Fsp3) is 0.308. The maximum absolute atomic E-state index is 10.5. The molecule has 6 nitrogen and oxygen atoms in total. The molecular weight excluding hydrogens is 326 g/mol. The third-order valence-electron chi connectivity index (χ3n) is 3.12. The molecule has 2 aromatic rings. The van der Waals surface area contributed by atoms with Gasteiger partial charge in [0.25, 0.3) is 0 Å². The topological polar surface area (TPSA) is 82.5 Å². The second-order valence-electron chi connectivity index (χ2n) is 4.22. The quantitative estimate of drug-likeness (QED) is 0.886. The molecule has 1 unspecified atom stereocenters. The first-order valence-electron chi connectivity index (χ1n) is 5.87. The SMILES string of the molecule is COc1ccc(C(O)c2cnn(C)c2N)c(OC)c1Br. The minimum Gasteiger partial charge on any atom is -0.495 e. The van der Waals surface area contributed by atoms with E-state index < -0.39 is 6.10 Å². The highest BCUT2D eigenvalue weighted by molar-refractivity contribution is 9.10. The van der Waals surface area contributed by atoms with Gasteiger partial charge in [0.2, 0.25) is 0 Å². The first kappa shape index (κ1) is 14.7. The number of benzene rings is 1. The van der Waals surface area contributed by atoms with Gasteiger partial charge in [0.1, 0.15) is 27.9 Å². The van der Waals surface area contributed by atoms with Crippen molar-refractivity contribution >= 4 is 21.7 Å². The molecule has 3 N–H and O–H groups in total. The number of aliphatic hydroxyl groups excluding tert-OH is 1. The Balaban J connectivity index is 2.52. The van der Waals surface area contributed by atoms with E-state index in [2.05, 4.69) is 21.0 Å². The van der Waals surface area contributed by atoms with Crippen LogP contribution in [0.3, 0.4) is 0 Å². The minimum atomic E-state index is -0.930. The summed E-state index contributed by atoms with van der Waals surface area (Å²) in [4.78, 5) is 0. The Bertz CT molecular complexity index is 628. The standard InChI is InChI=1S/C13H16BrN3O3/c1-17-13(15)8(6-16-17)11(18)7-4-5-9(19-2)10(14)12(7)20-3/h4-6,11,18H,15H2,1-3H3. The summed E-state index contributed by atoms with van der Waals surface area (Å²) in [7, 11) is 4.81. The van der Waals surface area contributed by atoms with Crippen LogP contribution in [0.4, 0.5) is 5.82 Å². The summed E-state index contributed by atoms with van der Waals surface area (Å²) < 4.78 is 12.7. The molecule has 2 rings (SSSR count). The highest BCUT2D eigenvalue weighted by Gasteiger charge is 2.23. The summed E-state index contributed by atoms with van der Waals surface area (Å²) in [6, 6.07) is 3.48. The number of rotatable bonds is 4. The van der Waals surface area contributed by atoms with E-state index in [0.29, 0.717) is 32.9 Å². The van der Waals surface area contributed by atoms with Crippen LogP contribution in [0.25, 0.3) is 0 Å². The van der Waals surface area contributed by atoms with Gasteiger partial charge in [-0.15, -0.1) is 0 Å². The molecule has 0 aliphatic carbocycles. The fourth-order valence-electron chi connectivity index (χ4n) is 1.98. The van der Waals surface area contributed by atoms with Crippen molar-refractivity contribution in [2.24, 2.45) is 7.05 Å². The number of nitrogens with two attached hydrogens (primary N) is 1. The van der Waals surface area contributed by atoms with Crippen LogP contribution in [0.15, 0.2) is 22.8 Å². The van der Waals surface area contributed by atoms with Crippen molar-refractivity contribution in [2.75, 3.05) is 20.0 Å². The van der Waals surface area contributed by atoms with Crippen molar-refractivity contribution < 1.29 is 14.6 Å². The monoisotopic (exact) mass is 341 g/mol. The molecule has 1 atom stereocenters. The Morgan fingerprint density at radius 1 is 1.30 bits per heavy atom. The van der Waals surface area contributed by atoms with E-state index in [1.807, 2.05) is 0 Å². The average Bonchev–Trinajstić information content (AvgIpc) is 2.78. The van der Waals surface area contributed by atoms with Crippen LogP contribution in [0.1, 0.15) is 17.2 Å². The number of anilines is 1. The molecule has 0 aliphatic heterocycles. The largest absolute Gasteiger partial charge is 0.495 e. The van der Waals surface area contributed by atoms with Gasteiger partial charge in [-0.05, 0) is 28.1 Å². The zero-order valence-corrected chi connectivity index (χ0v) is 13.0. The van der Waals surface area contributed by atoms with Gasteiger partial charge >= 0.3 is 0 Å². The molecular formula is C13H16BrN3O3. The fourth-order valence-corrected chi connectivity index (χ4v) is 2.66. The summed E-state index contributed by atoms with van der Waals surface area (Å²) in [5.41, 5.74) is 7.00. The zero-order chi connectivity index (χ0) is 14.9. The Kier molecular flexibility index (Phi) is 4.20. The van der Waals surface area contributed by atoms with Crippen LogP contribution < -0.4 is 15.2 Å². The maximum Gasteiger partial charge on any atom is 0.142 e. The van der Waals surface area contributed by atoms with Crippen molar-refractivity contribution in [1.82, 2.24) is 9.78 Å². The predicted molar refractivity (Wildman–Crippen MR) is 78.9 cm³/mol. The number of methoxy groups -OCH3 is 2. The van der Waals surface area contributed by atoms with Gasteiger partial charge in [-0.3, -0.25) is 4.68 Å². The highest BCUT2D eigenvalue weighted by atomic mass is 79.9. The van der Waals surface area contributed by atoms with Gasteiger partial charge < -0.3 is 20.3 Å². The lowest BCUT2D eigenvalue weighted by Gasteiger charge is -2.17. The van der Waals surface area contributed by atoms with Crippen LogP contribution >= 0.6 is 15.9 Å². The van der Waals surface area contributed by atoms with E-state index >= 15 is 0 Å². The first-order chi connectivity index (χ1) is 9.51. The second-order valence-corrected chi connectivity index (χ2v) is 5.01. The Labute approximate surface area is 125 Å². The summed E-state index contributed by atoms with van der Waals surface area (Å²) in [6.45, 7) is 0. The van der Waals surface area contributed by atoms with Crippen molar-refractivity contribution in [3.8, 4) is 11.5 Å². The number of nitrogens with zero attached hydrogens (tertiary/aromatic N) is 2. The third kappa shape index (κ3) is 2.34. The number of ether oxygens (including phenoxy) is 2. The molecule has 1 aromatic carbocycles. The van der Waals surface area contributed by atoms with E-state index in [-0.39, 0.29) is 0 Å². The van der Waals surface area contributed by atoms with Crippen LogP contribution in [-0.2, 0) is 7.05 Å². The Morgan fingerprint density at radius 2 is 2.00 bits per heavy atom. The van der Waals surface area contributed by atoms with Gasteiger partial charge in [-0.1, -0.05) is 0 Å². The number of hydrogen-bond donors (Lipinski definition) is 2. The predicted octanol–water partition coefficient (Wildman–Crippen LogP) is 1.86.